The number of carbonyl (C=O) groups excluding carboxylic acids is 1. The summed E-state index contributed by atoms with van der Waals surface area (Å²) in [5.74, 6) is 0.288. The molecule has 106 valence electrons. The molecule has 0 saturated heterocycles. The molecule has 1 amide bonds. The SMILES string of the molecule is O=C1c2ccccc2N[C@H](c2cccc(O)c2)N1C1CC1. The molecule has 0 spiro atoms. The number of anilines is 1. The molecule has 1 aliphatic heterocycles. The van der Waals surface area contributed by atoms with Crippen molar-refractivity contribution in [1.82, 2.24) is 4.90 Å². The van der Waals surface area contributed by atoms with Gasteiger partial charge in [-0.05, 0) is 42.7 Å². The first-order chi connectivity index (χ1) is 10.2. The van der Waals surface area contributed by atoms with Crippen LogP contribution in [0.15, 0.2) is 48.5 Å². The average Bonchev–Trinajstić information content (AvgIpc) is 3.32. The molecule has 2 aromatic carbocycles. The van der Waals surface area contributed by atoms with Crippen LogP contribution in [0, 0.1) is 0 Å². The molecule has 1 aliphatic carbocycles. The maximum absolute atomic E-state index is 12.8. The summed E-state index contributed by atoms with van der Waals surface area (Å²) in [6.45, 7) is 0. The first-order valence-corrected chi connectivity index (χ1v) is 7.21. The molecule has 4 rings (SSSR count). The lowest BCUT2D eigenvalue weighted by Crippen LogP contribution is -2.44. The molecule has 4 heteroatoms. The van der Waals surface area contributed by atoms with Gasteiger partial charge in [-0.25, -0.2) is 0 Å². The number of hydrogen-bond donors (Lipinski definition) is 2. The van der Waals surface area contributed by atoms with Gasteiger partial charge in [-0.3, -0.25) is 4.79 Å². The van der Waals surface area contributed by atoms with Gasteiger partial charge in [-0.2, -0.15) is 0 Å². The molecular formula is C17H16N2O2. The standard InChI is InChI=1S/C17H16N2O2/c20-13-5-3-4-11(10-13)16-18-15-7-2-1-6-14(15)17(21)19(16)12-8-9-12/h1-7,10,12,16,18,20H,8-9H2/t16-/m0/s1. The fraction of sp³-hybridized carbons (Fsp3) is 0.235. The van der Waals surface area contributed by atoms with E-state index in [0.717, 1.165) is 29.7 Å². The van der Waals surface area contributed by atoms with Crippen molar-refractivity contribution < 1.29 is 9.90 Å². The molecule has 4 nitrogen and oxygen atoms in total. The summed E-state index contributed by atoms with van der Waals surface area (Å²) in [6, 6.07) is 15.0. The zero-order chi connectivity index (χ0) is 14.4. The zero-order valence-corrected chi connectivity index (χ0v) is 11.5. The number of phenolic OH excluding ortho intramolecular Hbond substituents is 1. The number of carbonyl (C=O) groups is 1. The summed E-state index contributed by atoms with van der Waals surface area (Å²) in [5.41, 5.74) is 2.48. The van der Waals surface area contributed by atoms with Gasteiger partial charge in [-0.1, -0.05) is 24.3 Å². The van der Waals surface area contributed by atoms with Gasteiger partial charge in [0.15, 0.2) is 0 Å². The van der Waals surface area contributed by atoms with Gasteiger partial charge in [0.05, 0.1) is 5.56 Å². The molecule has 0 radical (unpaired) electrons. The van der Waals surface area contributed by atoms with Crippen LogP contribution >= 0.6 is 0 Å². The number of benzene rings is 2. The smallest absolute Gasteiger partial charge is 0.258 e. The van der Waals surface area contributed by atoms with Crippen molar-refractivity contribution in [2.75, 3.05) is 5.32 Å². The molecule has 0 bridgehead atoms. The normalized spacial score (nSPS) is 20.9. The number of nitrogens with one attached hydrogen (secondary N) is 1. The highest BCUT2D eigenvalue weighted by molar-refractivity contribution is 6.02. The summed E-state index contributed by atoms with van der Waals surface area (Å²) in [4.78, 5) is 14.7. The summed E-state index contributed by atoms with van der Waals surface area (Å²) in [6.07, 6.45) is 1.88. The number of fused-ring (bicyclic) bond motifs is 1. The van der Waals surface area contributed by atoms with Crippen LogP contribution in [0.4, 0.5) is 5.69 Å². The van der Waals surface area contributed by atoms with Gasteiger partial charge < -0.3 is 15.3 Å². The molecule has 2 aliphatic rings. The number of para-hydroxylation sites is 1. The van der Waals surface area contributed by atoms with Gasteiger partial charge in [0, 0.05) is 11.7 Å². The van der Waals surface area contributed by atoms with Gasteiger partial charge in [0.1, 0.15) is 11.9 Å². The monoisotopic (exact) mass is 280 g/mol. The Hall–Kier alpha value is -2.49. The fourth-order valence-electron chi connectivity index (χ4n) is 2.94. The number of hydrogen-bond acceptors (Lipinski definition) is 3. The fourth-order valence-corrected chi connectivity index (χ4v) is 2.94. The Morgan fingerprint density at radius 3 is 2.67 bits per heavy atom. The molecule has 2 aromatic rings. The van der Waals surface area contributed by atoms with E-state index in [1.807, 2.05) is 41.3 Å². The maximum atomic E-state index is 12.8. The van der Waals surface area contributed by atoms with E-state index in [1.54, 1.807) is 12.1 Å². The van der Waals surface area contributed by atoms with Gasteiger partial charge >= 0.3 is 0 Å². The van der Waals surface area contributed by atoms with E-state index in [4.69, 9.17) is 0 Å². The Morgan fingerprint density at radius 2 is 1.90 bits per heavy atom. The minimum Gasteiger partial charge on any atom is -0.508 e. The number of aromatic hydroxyl groups is 1. The van der Waals surface area contributed by atoms with Crippen molar-refractivity contribution in [3.05, 3.63) is 59.7 Å². The summed E-state index contributed by atoms with van der Waals surface area (Å²) in [7, 11) is 0. The topological polar surface area (TPSA) is 52.6 Å². The molecular weight excluding hydrogens is 264 g/mol. The van der Waals surface area contributed by atoms with Crippen LogP contribution < -0.4 is 5.32 Å². The van der Waals surface area contributed by atoms with Crippen molar-refractivity contribution in [1.29, 1.82) is 0 Å². The molecule has 2 N–H and O–H groups in total. The molecule has 0 unspecified atom stereocenters. The predicted molar refractivity (Wildman–Crippen MR) is 80.1 cm³/mol. The molecule has 0 aromatic heterocycles. The number of amides is 1. The first kappa shape index (κ1) is 12.3. The van der Waals surface area contributed by atoms with Crippen LogP contribution in [-0.2, 0) is 0 Å². The Kier molecular flexibility index (Phi) is 2.64. The zero-order valence-electron chi connectivity index (χ0n) is 11.5. The lowest BCUT2D eigenvalue weighted by Gasteiger charge is -2.38. The van der Waals surface area contributed by atoms with Crippen LogP contribution in [0.25, 0.3) is 0 Å². The van der Waals surface area contributed by atoms with E-state index in [1.165, 1.54) is 0 Å². The summed E-state index contributed by atoms with van der Waals surface area (Å²) >= 11 is 0. The minimum absolute atomic E-state index is 0.0696. The quantitative estimate of drug-likeness (QED) is 0.888. The Morgan fingerprint density at radius 1 is 1.10 bits per heavy atom. The summed E-state index contributed by atoms with van der Waals surface area (Å²) < 4.78 is 0. The van der Waals surface area contributed by atoms with E-state index < -0.39 is 0 Å². The largest absolute Gasteiger partial charge is 0.508 e. The van der Waals surface area contributed by atoms with Crippen LogP contribution in [0.2, 0.25) is 0 Å². The van der Waals surface area contributed by atoms with E-state index >= 15 is 0 Å². The van der Waals surface area contributed by atoms with Crippen molar-refractivity contribution >= 4 is 11.6 Å². The third kappa shape index (κ3) is 2.03. The molecule has 21 heavy (non-hydrogen) atoms. The summed E-state index contributed by atoms with van der Waals surface area (Å²) in [5, 5.41) is 13.2. The Bertz CT molecular complexity index is 709. The lowest BCUT2D eigenvalue weighted by atomic mass is 10.0. The highest BCUT2D eigenvalue weighted by Gasteiger charge is 2.41. The average molecular weight is 280 g/mol. The van der Waals surface area contributed by atoms with Crippen molar-refractivity contribution in [3.8, 4) is 5.75 Å². The number of phenols is 1. The Balaban J connectivity index is 1.80. The third-order valence-electron chi connectivity index (χ3n) is 4.09. The van der Waals surface area contributed by atoms with Crippen LogP contribution in [0.5, 0.6) is 5.75 Å². The predicted octanol–water partition coefficient (Wildman–Crippen LogP) is 3.12. The molecule has 1 heterocycles. The minimum atomic E-state index is -0.216. The van der Waals surface area contributed by atoms with E-state index in [9.17, 15) is 9.90 Å². The van der Waals surface area contributed by atoms with E-state index in [2.05, 4.69) is 5.32 Å². The number of nitrogens with zero attached hydrogens (tertiary/aromatic N) is 1. The van der Waals surface area contributed by atoms with E-state index in [-0.39, 0.29) is 17.8 Å². The van der Waals surface area contributed by atoms with Crippen LogP contribution in [-0.4, -0.2) is 22.0 Å². The second-order valence-electron chi connectivity index (χ2n) is 5.63. The van der Waals surface area contributed by atoms with Gasteiger partial charge in [0.25, 0.3) is 5.91 Å². The highest BCUT2D eigenvalue weighted by atomic mass is 16.3. The number of rotatable bonds is 2. The first-order valence-electron chi connectivity index (χ1n) is 7.21. The second kappa shape index (κ2) is 4.52. The molecule has 1 atom stereocenters. The van der Waals surface area contributed by atoms with Crippen LogP contribution in [0.3, 0.4) is 0 Å². The van der Waals surface area contributed by atoms with Crippen molar-refractivity contribution in [3.63, 3.8) is 0 Å². The maximum Gasteiger partial charge on any atom is 0.258 e. The highest BCUT2D eigenvalue weighted by Crippen LogP contribution is 2.41. The van der Waals surface area contributed by atoms with Gasteiger partial charge in [-0.15, -0.1) is 0 Å². The lowest BCUT2D eigenvalue weighted by molar-refractivity contribution is 0.0666. The van der Waals surface area contributed by atoms with Gasteiger partial charge in [0.2, 0.25) is 0 Å². The third-order valence-corrected chi connectivity index (χ3v) is 4.09. The van der Waals surface area contributed by atoms with Crippen molar-refractivity contribution in [2.45, 2.75) is 25.0 Å². The molecule has 1 fully saturated rings. The molecule has 1 saturated carbocycles. The van der Waals surface area contributed by atoms with Crippen molar-refractivity contribution in [2.24, 2.45) is 0 Å². The van der Waals surface area contributed by atoms with E-state index in [0.29, 0.717) is 6.04 Å². The Labute approximate surface area is 123 Å². The van der Waals surface area contributed by atoms with Crippen LogP contribution in [0.1, 0.15) is 34.9 Å². The second-order valence-corrected chi connectivity index (χ2v) is 5.63.